The van der Waals surface area contributed by atoms with Gasteiger partial charge < -0.3 is 9.52 Å². The number of carboxylic acids is 1. The summed E-state index contributed by atoms with van der Waals surface area (Å²) >= 11 is 0. The molecule has 0 aliphatic rings. The van der Waals surface area contributed by atoms with E-state index in [0.29, 0.717) is 0 Å². The monoisotopic (exact) mass is 169 g/mol. The Bertz CT molecular complexity index is 267. The number of nitroso groups, excluding NO2 is 1. The van der Waals surface area contributed by atoms with Crippen molar-refractivity contribution in [3.63, 3.8) is 0 Å². The fraction of sp³-hybridized carbons (Fsp3) is 0.286. The van der Waals surface area contributed by atoms with Crippen molar-refractivity contribution in [3.05, 3.63) is 29.1 Å². The zero-order chi connectivity index (χ0) is 8.97. The molecule has 0 aromatic carbocycles. The van der Waals surface area contributed by atoms with Crippen LogP contribution in [0.25, 0.3) is 0 Å². The molecular weight excluding hydrogens is 162 g/mol. The van der Waals surface area contributed by atoms with Crippen LogP contribution in [0.5, 0.6) is 0 Å². The normalized spacial score (nSPS) is 12.3. The minimum absolute atomic E-state index is 0.285. The number of furan rings is 1. The van der Waals surface area contributed by atoms with Crippen molar-refractivity contribution in [3.8, 4) is 0 Å². The quantitative estimate of drug-likeness (QED) is 0.693. The van der Waals surface area contributed by atoms with Crippen LogP contribution in [0.4, 0.5) is 0 Å². The fourth-order valence-corrected chi connectivity index (χ4v) is 0.836. The highest BCUT2D eigenvalue weighted by atomic mass is 16.4. The van der Waals surface area contributed by atoms with Gasteiger partial charge in [0.25, 0.3) is 0 Å². The number of carboxylic acid groups (broad SMARTS) is 1. The van der Waals surface area contributed by atoms with Crippen LogP contribution >= 0.6 is 0 Å². The van der Waals surface area contributed by atoms with E-state index in [4.69, 9.17) is 9.52 Å². The SMILES string of the molecule is O=NC(CC(=O)O)c1ccco1. The molecule has 1 aromatic rings. The summed E-state index contributed by atoms with van der Waals surface area (Å²) in [5.41, 5.74) is 0. The maximum absolute atomic E-state index is 10.2. The molecule has 0 fully saturated rings. The molecule has 0 radical (unpaired) electrons. The summed E-state index contributed by atoms with van der Waals surface area (Å²) in [6.07, 6.45) is 1.03. The Hall–Kier alpha value is -1.65. The first-order valence-corrected chi connectivity index (χ1v) is 3.31. The standard InChI is InChI=1S/C7H7NO4/c9-7(10)4-5(8-11)6-2-1-3-12-6/h1-3,5H,4H2,(H,9,10). The Morgan fingerprint density at radius 2 is 2.50 bits per heavy atom. The van der Waals surface area contributed by atoms with Crippen LogP contribution in [0.3, 0.4) is 0 Å². The molecule has 0 saturated carbocycles. The van der Waals surface area contributed by atoms with Crippen molar-refractivity contribution in [2.24, 2.45) is 5.18 Å². The number of hydrogen-bond acceptors (Lipinski definition) is 4. The summed E-state index contributed by atoms with van der Waals surface area (Å²) in [6, 6.07) is 2.18. The first kappa shape index (κ1) is 8.45. The van der Waals surface area contributed by atoms with Crippen LogP contribution in [-0.2, 0) is 4.79 Å². The molecule has 0 amide bonds. The number of hydrogen-bond donors (Lipinski definition) is 1. The van der Waals surface area contributed by atoms with Crippen LogP contribution in [0.1, 0.15) is 18.2 Å². The van der Waals surface area contributed by atoms with Gasteiger partial charge in [-0.3, -0.25) is 4.79 Å². The van der Waals surface area contributed by atoms with Crippen LogP contribution in [-0.4, -0.2) is 11.1 Å². The van der Waals surface area contributed by atoms with E-state index in [1.54, 1.807) is 6.07 Å². The van der Waals surface area contributed by atoms with Crippen molar-refractivity contribution in [1.29, 1.82) is 0 Å². The molecule has 0 aliphatic heterocycles. The van der Waals surface area contributed by atoms with Crippen LogP contribution in [0.2, 0.25) is 0 Å². The molecule has 0 aliphatic carbocycles. The summed E-state index contributed by atoms with van der Waals surface area (Å²) in [7, 11) is 0. The molecule has 12 heavy (non-hydrogen) atoms. The summed E-state index contributed by atoms with van der Waals surface area (Å²) in [4.78, 5) is 20.4. The first-order valence-electron chi connectivity index (χ1n) is 3.31. The maximum Gasteiger partial charge on any atom is 0.306 e. The Morgan fingerprint density at radius 1 is 1.75 bits per heavy atom. The number of carbonyl (C=O) groups is 1. The van der Waals surface area contributed by atoms with E-state index in [1.807, 2.05) is 0 Å². The van der Waals surface area contributed by atoms with Crippen molar-refractivity contribution >= 4 is 5.97 Å². The van der Waals surface area contributed by atoms with Crippen molar-refractivity contribution < 1.29 is 14.3 Å². The van der Waals surface area contributed by atoms with Gasteiger partial charge in [-0.25, -0.2) is 0 Å². The largest absolute Gasteiger partial charge is 0.481 e. The van der Waals surface area contributed by atoms with E-state index in [0.717, 1.165) is 0 Å². The Morgan fingerprint density at radius 3 is 2.92 bits per heavy atom. The molecule has 64 valence electrons. The fourth-order valence-electron chi connectivity index (χ4n) is 0.836. The van der Waals surface area contributed by atoms with Gasteiger partial charge in [0.2, 0.25) is 0 Å². The van der Waals surface area contributed by atoms with E-state index < -0.39 is 12.0 Å². The van der Waals surface area contributed by atoms with E-state index in [9.17, 15) is 9.70 Å². The molecule has 0 saturated heterocycles. The van der Waals surface area contributed by atoms with Gasteiger partial charge in [0.05, 0.1) is 12.7 Å². The van der Waals surface area contributed by atoms with Gasteiger partial charge in [0, 0.05) is 0 Å². The molecule has 1 atom stereocenters. The number of aliphatic carboxylic acids is 1. The Kier molecular flexibility index (Phi) is 2.57. The Balaban J connectivity index is 2.69. The summed E-state index contributed by atoms with van der Waals surface area (Å²) < 4.78 is 4.83. The molecule has 1 heterocycles. The summed E-state index contributed by atoms with van der Waals surface area (Å²) in [5.74, 6) is -0.789. The Labute approximate surface area is 68.0 Å². The average molecular weight is 169 g/mol. The zero-order valence-electron chi connectivity index (χ0n) is 6.14. The summed E-state index contributed by atoms with van der Waals surface area (Å²) in [6.45, 7) is 0. The molecule has 5 heteroatoms. The predicted molar refractivity (Wildman–Crippen MR) is 39.5 cm³/mol. The topological polar surface area (TPSA) is 79.9 Å². The minimum Gasteiger partial charge on any atom is -0.481 e. The third kappa shape index (κ3) is 1.91. The lowest BCUT2D eigenvalue weighted by molar-refractivity contribution is -0.137. The van der Waals surface area contributed by atoms with Crippen LogP contribution < -0.4 is 0 Å². The highest BCUT2D eigenvalue weighted by Crippen LogP contribution is 2.20. The second kappa shape index (κ2) is 3.66. The van der Waals surface area contributed by atoms with E-state index in [2.05, 4.69) is 5.18 Å². The molecule has 1 unspecified atom stereocenters. The van der Waals surface area contributed by atoms with Gasteiger partial charge in [-0.05, 0) is 12.1 Å². The number of rotatable bonds is 4. The van der Waals surface area contributed by atoms with E-state index >= 15 is 0 Å². The lowest BCUT2D eigenvalue weighted by atomic mass is 10.2. The minimum atomic E-state index is -1.07. The smallest absolute Gasteiger partial charge is 0.306 e. The molecule has 0 bridgehead atoms. The molecular formula is C7H7NO4. The summed E-state index contributed by atoms with van der Waals surface area (Å²) in [5, 5.41) is 11.0. The first-order chi connectivity index (χ1) is 5.74. The van der Waals surface area contributed by atoms with Crippen molar-refractivity contribution in [2.45, 2.75) is 12.5 Å². The van der Waals surface area contributed by atoms with Crippen LogP contribution in [0.15, 0.2) is 28.0 Å². The lowest BCUT2D eigenvalue weighted by Gasteiger charge is -2.00. The van der Waals surface area contributed by atoms with Gasteiger partial charge in [0.1, 0.15) is 5.76 Å². The second-order valence-corrected chi connectivity index (χ2v) is 2.23. The van der Waals surface area contributed by atoms with Gasteiger partial charge in [-0.2, -0.15) is 4.91 Å². The highest BCUT2D eigenvalue weighted by Gasteiger charge is 2.18. The third-order valence-corrected chi connectivity index (χ3v) is 1.37. The van der Waals surface area contributed by atoms with Gasteiger partial charge in [0.15, 0.2) is 6.04 Å². The van der Waals surface area contributed by atoms with Crippen molar-refractivity contribution in [1.82, 2.24) is 0 Å². The van der Waals surface area contributed by atoms with Gasteiger partial charge >= 0.3 is 5.97 Å². The molecule has 5 nitrogen and oxygen atoms in total. The van der Waals surface area contributed by atoms with Crippen LogP contribution in [0, 0.1) is 4.91 Å². The highest BCUT2D eigenvalue weighted by molar-refractivity contribution is 5.67. The zero-order valence-corrected chi connectivity index (χ0v) is 6.14. The van der Waals surface area contributed by atoms with E-state index in [-0.39, 0.29) is 12.2 Å². The molecule has 1 N–H and O–H groups in total. The molecule has 0 spiro atoms. The lowest BCUT2D eigenvalue weighted by Crippen LogP contribution is -2.02. The number of nitrogens with zero attached hydrogens (tertiary/aromatic N) is 1. The van der Waals surface area contributed by atoms with Crippen molar-refractivity contribution in [2.75, 3.05) is 0 Å². The average Bonchev–Trinajstić information content (AvgIpc) is 2.51. The van der Waals surface area contributed by atoms with E-state index in [1.165, 1.54) is 12.3 Å². The molecule has 1 rings (SSSR count). The third-order valence-electron chi connectivity index (χ3n) is 1.37. The van der Waals surface area contributed by atoms with Gasteiger partial charge in [-0.1, -0.05) is 5.18 Å². The maximum atomic E-state index is 10.2. The molecule has 1 aromatic heterocycles. The predicted octanol–water partition coefficient (Wildman–Crippen LogP) is 1.56. The second-order valence-electron chi connectivity index (χ2n) is 2.23. The van der Waals surface area contributed by atoms with Gasteiger partial charge in [-0.15, -0.1) is 0 Å².